The molecular weight excluding hydrogens is 579 g/mol. The van der Waals surface area contributed by atoms with Crippen LogP contribution in [0.4, 0.5) is 16.0 Å². The molecule has 224 valence electrons. The molecule has 2 unspecified atom stereocenters. The van der Waals surface area contributed by atoms with Gasteiger partial charge in [0.05, 0.1) is 18.4 Å². The Morgan fingerprint density at radius 2 is 1.84 bits per heavy atom. The molecule has 1 aromatic heterocycles. The molecule has 8 nitrogen and oxygen atoms in total. The SMILES string of the molecule is CNC1CC2CCC(C1)N2C(=O)c1ccc(Nc2ncc3c(n2)C2=CN=C(Cl)C=C(c4c(F)cccc4OC)C2=CC3)cc1. The van der Waals surface area contributed by atoms with Gasteiger partial charge in [0.1, 0.15) is 16.7 Å². The van der Waals surface area contributed by atoms with E-state index in [-0.39, 0.29) is 11.1 Å². The number of aliphatic imine (C=N–C) groups is 1. The van der Waals surface area contributed by atoms with Crippen LogP contribution in [0.25, 0.3) is 11.1 Å². The Bertz CT molecular complexity index is 1750. The molecular formula is C34H32ClFN6O2. The number of nitrogens with one attached hydrogen (secondary N) is 2. The lowest BCUT2D eigenvalue weighted by Crippen LogP contribution is -2.50. The monoisotopic (exact) mass is 610 g/mol. The molecule has 2 bridgehead atoms. The molecule has 2 fully saturated rings. The van der Waals surface area contributed by atoms with Crippen LogP contribution in [-0.2, 0) is 6.42 Å². The summed E-state index contributed by atoms with van der Waals surface area (Å²) in [5.41, 5.74) is 5.39. The van der Waals surface area contributed by atoms with E-state index in [0.717, 1.165) is 42.5 Å². The topological polar surface area (TPSA) is 91.7 Å². The van der Waals surface area contributed by atoms with Gasteiger partial charge in [0, 0.05) is 52.9 Å². The number of fused-ring (bicyclic) bond motifs is 5. The highest BCUT2D eigenvalue weighted by Crippen LogP contribution is 2.43. The van der Waals surface area contributed by atoms with Gasteiger partial charge in [0.15, 0.2) is 0 Å². The largest absolute Gasteiger partial charge is 0.496 e. The van der Waals surface area contributed by atoms with Crippen LogP contribution in [0, 0.1) is 5.82 Å². The van der Waals surface area contributed by atoms with Crippen LogP contribution in [0.1, 0.15) is 52.9 Å². The van der Waals surface area contributed by atoms with Crippen molar-refractivity contribution in [2.45, 2.75) is 50.2 Å². The highest BCUT2D eigenvalue weighted by atomic mass is 35.5. The number of benzene rings is 2. The smallest absolute Gasteiger partial charge is 0.254 e. The number of anilines is 2. The van der Waals surface area contributed by atoms with Gasteiger partial charge in [-0.1, -0.05) is 23.7 Å². The molecule has 4 heterocycles. The Hall–Kier alpha value is -4.34. The van der Waals surface area contributed by atoms with E-state index in [1.807, 2.05) is 37.4 Å². The number of allylic oxidation sites excluding steroid dienone is 5. The maximum atomic E-state index is 15.2. The molecule has 3 aliphatic heterocycles. The van der Waals surface area contributed by atoms with Gasteiger partial charge >= 0.3 is 0 Å². The molecule has 10 heteroatoms. The lowest BCUT2D eigenvalue weighted by atomic mass is 9.84. The summed E-state index contributed by atoms with van der Waals surface area (Å²) in [6, 6.07) is 13.3. The second kappa shape index (κ2) is 11.6. The fraction of sp³-hybridized carbons (Fsp3) is 0.294. The number of carbonyl (C=O) groups excluding carboxylic acids is 1. The van der Waals surface area contributed by atoms with Crippen LogP contribution in [0.3, 0.4) is 0 Å². The predicted molar refractivity (Wildman–Crippen MR) is 171 cm³/mol. The van der Waals surface area contributed by atoms with E-state index in [4.69, 9.17) is 21.3 Å². The highest BCUT2D eigenvalue weighted by molar-refractivity contribution is 6.69. The molecule has 0 radical (unpaired) electrons. The van der Waals surface area contributed by atoms with Crippen molar-refractivity contribution in [3.63, 3.8) is 0 Å². The van der Waals surface area contributed by atoms with E-state index in [0.29, 0.717) is 64.2 Å². The Morgan fingerprint density at radius 3 is 2.57 bits per heavy atom. The van der Waals surface area contributed by atoms with Gasteiger partial charge in [-0.15, -0.1) is 0 Å². The number of hydrogen-bond donors (Lipinski definition) is 2. The molecule has 2 N–H and O–H groups in total. The van der Waals surface area contributed by atoms with Crippen LogP contribution >= 0.6 is 11.6 Å². The molecule has 2 atom stereocenters. The summed E-state index contributed by atoms with van der Waals surface area (Å²) in [6.07, 6.45) is 11.8. The third-order valence-corrected chi connectivity index (χ3v) is 9.24. The number of hydrogen-bond acceptors (Lipinski definition) is 7. The van der Waals surface area contributed by atoms with Gasteiger partial charge < -0.3 is 20.3 Å². The number of methoxy groups -OCH3 is 1. The van der Waals surface area contributed by atoms with E-state index < -0.39 is 5.82 Å². The number of aromatic nitrogens is 2. The van der Waals surface area contributed by atoms with Crippen LogP contribution in [0.2, 0.25) is 0 Å². The Labute approximate surface area is 260 Å². The van der Waals surface area contributed by atoms with E-state index in [1.54, 1.807) is 30.6 Å². The van der Waals surface area contributed by atoms with Crippen molar-refractivity contribution < 1.29 is 13.9 Å². The third kappa shape index (κ3) is 5.10. The van der Waals surface area contributed by atoms with E-state index in [2.05, 4.69) is 25.5 Å². The first kappa shape index (κ1) is 28.4. The third-order valence-electron chi connectivity index (χ3n) is 9.03. The number of ether oxygens (including phenoxy) is 1. The van der Waals surface area contributed by atoms with Crippen LogP contribution in [0.15, 0.2) is 77.6 Å². The van der Waals surface area contributed by atoms with Gasteiger partial charge in [0.2, 0.25) is 5.95 Å². The fourth-order valence-corrected chi connectivity index (χ4v) is 7.06. The molecule has 44 heavy (non-hydrogen) atoms. The molecule has 0 saturated carbocycles. The quantitative estimate of drug-likeness (QED) is 0.341. The molecule has 2 saturated heterocycles. The van der Waals surface area contributed by atoms with Gasteiger partial charge in [-0.3, -0.25) is 4.79 Å². The van der Waals surface area contributed by atoms with Gasteiger partial charge in [-0.05, 0) is 92.8 Å². The second-order valence-electron chi connectivity index (χ2n) is 11.5. The van der Waals surface area contributed by atoms with E-state index in [9.17, 15) is 4.79 Å². The Kier molecular flexibility index (Phi) is 7.52. The minimum Gasteiger partial charge on any atom is -0.496 e. The lowest BCUT2D eigenvalue weighted by molar-refractivity contribution is 0.0560. The number of piperidine rings is 1. The molecule has 1 aliphatic carbocycles. The van der Waals surface area contributed by atoms with E-state index >= 15 is 4.39 Å². The van der Waals surface area contributed by atoms with Crippen molar-refractivity contribution in [3.05, 3.63) is 101 Å². The van der Waals surface area contributed by atoms with Crippen molar-refractivity contribution in [2.75, 3.05) is 19.5 Å². The normalized spacial score (nSPS) is 22.1. The molecule has 0 spiro atoms. The standard InChI is InChI=1S/C34H32ClFN6O2/c1-37-22-14-23-11-12-24(15-22)42(23)33(43)19-6-9-21(10-7-19)40-34-39-17-20-8-13-25-26(31-28(36)4-3-5-29(31)44-2)16-30(35)38-18-27(25)32(20)41-34/h3-7,9-10,13,16-18,22-24,37H,8,11-12,14-15H2,1-2H3,(H,39,40,41). The highest BCUT2D eigenvalue weighted by Gasteiger charge is 2.43. The lowest BCUT2D eigenvalue weighted by Gasteiger charge is -2.39. The van der Waals surface area contributed by atoms with Gasteiger partial charge in [0.25, 0.3) is 5.91 Å². The zero-order valence-corrected chi connectivity index (χ0v) is 25.2. The van der Waals surface area contributed by atoms with Gasteiger partial charge in [-0.25, -0.2) is 19.4 Å². The van der Waals surface area contributed by atoms with E-state index in [1.165, 1.54) is 13.2 Å². The first-order valence-electron chi connectivity index (χ1n) is 14.9. The first-order valence-corrected chi connectivity index (χ1v) is 15.2. The minimum atomic E-state index is -0.421. The maximum Gasteiger partial charge on any atom is 0.254 e. The molecule has 3 aromatic rings. The molecule has 7 rings (SSSR count). The summed E-state index contributed by atoms with van der Waals surface area (Å²) in [7, 11) is 3.51. The molecule has 2 aromatic carbocycles. The summed E-state index contributed by atoms with van der Waals surface area (Å²) in [5.74, 6) is 0.467. The zero-order chi connectivity index (χ0) is 30.4. The molecule has 4 aliphatic rings. The maximum absolute atomic E-state index is 15.2. The second-order valence-corrected chi connectivity index (χ2v) is 11.9. The zero-order valence-electron chi connectivity index (χ0n) is 24.5. The average Bonchev–Trinajstić information content (AvgIpc) is 3.19. The Balaban J connectivity index is 1.13. The molecule has 1 amide bonds. The number of carbonyl (C=O) groups is 1. The summed E-state index contributed by atoms with van der Waals surface area (Å²) in [5, 5.41) is 6.88. The fourth-order valence-electron chi connectivity index (χ4n) is 6.91. The number of nitrogens with zero attached hydrogens (tertiary/aromatic N) is 4. The number of rotatable bonds is 6. The summed E-state index contributed by atoms with van der Waals surface area (Å²) in [4.78, 5) is 29.3. The minimum absolute atomic E-state index is 0.0952. The predicted octanol–water partition coefficient (Wildman–Crippen LogP) is 6.28. The van der Waals surface area contributed by atoms with Crippen LogP contribution in [0.5, 0.6) is 5.75 Å². The van der Waals surface area contributed by atoms with Crippen molar-refractivity contribution in [3.8, 4) is 5.75 Å². The summed E-state index contributed by atoms with van der Waals surface area (Å²) < 4.78 is 20.7. The first-order chi connectivity index (χ1) is 21.4. The van der Waals surface area contributed by atoms with Crippen LogP contribution in [-0.4, -0.2) is 58.2 Å². The number of halogens is 2. The van der Waals surface area contributed by atoms with Crippen LogP contribution < -0.4 is 15.4 Å². The van der Waals surface area contributed by atoms with Crippen molar-refractivity contribution in [2.24, 2.45) is 4.99 Å². The number of amides is 1. The van der Waals surface area contributed by atoms with Crippen molar-refractivity contribution in [1.82, 2.24) is 20.2 Å². The average molecular weight is 611 g/mol. The summed E-state index contributed by atoms with van der Waals surface area (Å²) in [6.45, 7) is 0. The van der Waals surface area contributed by atoms with Crippen molar-refractivity contribution >= 4 is 45.5 Å². The van der Waals surface area contributed by atoms with Gasteiger partial charge in [-0.2, -0.15) is 0 Å². The summed E-state index contributed by atoms with van der Waals surface area (Å²) >= 11 is 6.42. The van der Waals surface area contributed by atoms with Crippen molar-refractivity contribution in [1.29, 1.82) is 0 Å². The Morgan fingerprint density at radius 1 is 1.07 bits per heavy atom.